The molecule has 0 aliphatic carbocycles. The number of methoxy groups -OCH3 is 1. The van der Waals surface area contributed by atoms with Crippen LogP contribution in [0.1, 0.15) is 27.6 Å². The average molecular weight is 443 g/mol. The standard InChI is InChI=1S/C23H16F3NO5/c1-31-23(28)14-4-2-3-12(7-14)13-5-6-21-15(8-13)9-20(27(29)30)22(32-21)16-10-18(25)19(26)11-17(16)24/h2-8,10-11,20,22H,9H2,1H3. The van der Waals surface area contributed by atoms with E-state index in [1.54, 1.807) is 42.5 Å². The van der Waals surface area contributed by atoms with E-state index < -0.39 is 46.1 Å². The Morgan fingerprint density at radius 1 is 1.03 bits per heavy atom. The van der Waals surface area contributed by atoms with Gasteiger partial charge in [0.1, 0.15) is 11.6 Å². The predicted molar refractivity (Wildman–Crippen MR) is 107 cm³/mol. The lowest BCUT2D eigenvalue weighted by atomic mass is 9.90. The maximum atomic E-state index is 14.3. The number of carbonyl (C=O) groups is 1. The monoisotopic (exact) mass is 443 g/mol. The number of halogens is 3. The van der Waals surface area contributed by atoms with Gasteiger partial charge in [-0.3, -0.25) is 10.1 Å². The maximum Gasteiger partial charge on any atom is 0.337 e. The molecule has 0 spiro atoms. The van der Waals surface area contributed by atoms with Gasteiger partial charge in [-0.25, -0.2) is 18.0 Å². The summed E-state index contributed by atoms with van der Waals surface area (Å²) < 4.78 is 51.7. The molecule has 2 unspecified atom stereocenters. The second kappa shape index (κ2) is 8.33. The first-order valence-electron chi connectivity index (χ1n) is 9.54. The van der Waals surface area contributed by atoms with Crippen LogP contribution in [-0.2, 0) is 11.2 Å². The van der Waals surface area contributed by atoms with E-state index in [4.69, 9.17) is 9.47 Å². The van der Waals surface area contributed by atoms with Gasteiger partial charge in [0.25, 0.3) is 6.04 Å². The van der Waals surface area contributed by atoms with E-state index >= 15 is 0 Å². The molecule has 3 aromatic rings. The van der Waals surface area contributed by atoms with Crippen LogP contribution >= 0.6 is 0 Å². The number of rotatable bonds is 4. The topological polar surface area (TPSA) is 78.7 Å². The van der Waals surface area contributed by atoms with E-state index in [0.717, 1.165) is 0 Å². The number of carbonyl (C=O) groups excluding carboxylic acids is 1. The maximum absolute atomic E-state index is 14.3. The van der Waals surface area contributed by atoms with Gasteiger partial charge in [-0.05, 0) is 41.5 Å². The van der Waals surface area contributed by atoms with Gasteiger partial charge >= 0.3 is 5.97 Å². The number of benzene rings is 3. The lowest BCUT2D eigenvalue weighted by Gasteiger charge is -2.29. The van der Waals surface area contributed by atoms with Gasteiger partial charge in [0.05, 0.1) is 12.7 Å². The van der Waals surface area contributed by atoms with Crippen LogP contribution in [0, 0.1) is 27.6 Å². The number of nitro groups is 1. The Bertz CT molecular complexity index is 1230. The molecular weight excluding hydrogens is 427 g/mol. The Hall–Kier alpha value is -3.88. The minimum Gasteiger partial charge on any atom is -0.478 e. The van der Waals surface area contributed by atoms with E-state index in [1.807, 2.05) is 0 Å². The van der Waals surface area contributed by atoms with Crippen LogP contribution in [0.25, 0.3) is 11.1 Å². The molecule has 0 saturated heterocycles. The first-order chi connectivity index (χ1) is 15.3. The molecular formula is C23H16F3NO5. The zero-order valence-electron chi connectivity index (χ0n) is 16.7. The Balaban J connectivity index is 1.72. The van der Waals surface area contributed by atoms with Gasteiger partial charge in [-0.15, -0.1) is 0 Å². The molecule has 2 atom stereocenters. The van der Waals surface area contributed by atoms with Crippen molar-refractivity contribution in [2.24, 2.45) is 0 Å². The number of esters is 1. The van der Waals surface area contributed by atoms with Crippen molar-refractivity contribution in [3.63, 3.8) is 0 Å². The van der Waals surface area contributed by atoms with Gasteiger partial charge in [0.2, 0.25) is 0 Å². The summed E-state index contributed by atoms with van der Waals surface area (Å²) in [5, 5.41) is 11.7. The first kappa shape index (κ1) is 21.4. The van der Waals surface area contributed by atoms with E-state index in [-0.39, 0.29) is 12.2 Å². The zero-order valence-corrected chi connectivity index (χ0v) is 16.7. The molecule has 6 nitrogen and oxygen atoms in total. The fourth-order valence-electron chi connectivity index (χ4n) is 3.74. The third kappa shape index (κ3) is 3.89. The predicted octanol–water partition coefficient (Wildman–Crippen LogP) is 4.88. The summed E-state index contributed by atoms with van der Waals surface area (Å²) in [6.45, 7) is 0. The van der Waals surface area contributed by atoms with Crippen molar-refractivity contribution in [2.45, 2.75) is 18.6 Å². The second-order valence-electron chi connectivity index (χ2n) is 7.28. The fourth-order valence-corrected chi connectivity index (χ4v) is 3.74. The van der Waals surface area contributed by atoms with Gasteiger partial charge in [-0.2, -0.15) is 0 Å². The van der Waals surface area contributed by atoms with Crippen LogP contribution in [0.4, 0.5) is 13.2 Å². The Morgan fingerprint density at radius 3 is 2.47 bits per heavy atom. The van der Waals surface area contributed by atoms with Crippen LogP contribution in [0.3, 0.4) is 0 Å². The number of ether oxygens (including phenoxy) is 2. The second-order valence-corrected chi connectivity index (χ2v) is 7.28. The lowest BCUT2D eigenvalue weighted by molar-refractivity contribution is -0.535. The normalized spacial score (nSPS) is 17.2. The quantitative estimate of drug-likeness (QED) is 0.249. The third-order valence-electron chi connectivity index (χ3n) is 5.33. The Morgan fingerprint density at radius 2 is 1.75 bits per heavy atom. The minimum atomic E-state index is -1.43. The van der Waals surface area contributed by atoms with E-state index in [9.17, 15) is 28.1 Å². The molecule has 9 heteroatoms. The Labute approximate surface area is 180 Å². The molecule has 0 amide bonds. The molecule has 1 aliphatic heterocycles. The van der Waals surface area contributed by atoms with Gasteiger partial charge < -0.3 is 9.47 Å². The van der Waals surface area contributed by atoms with Gasteiger partial charge in [0, 0.05) is 28.5 Å². The highest BCUT2D eigenvalue weighted by Crippen LogP contribution is 2.39. The van der Waals surface area contributed by atoms with Crippen LogP contribution in [0.5, 0.6) is 5.75 Å². The molecule has 0 N–H and O–H groups in total. The molecule has 0 radical (unpaired) electrons. The van der Waals surface area contributed by atoms with Gasteiger partial charge in [-0.1, -0.05) is 18.2 Å². The Kier molecular flexibility index (Phi) is 5.56. The lowest BCUT2D eigenvalue weighted by Crippen LogP contribution is -2.37. The smallest absolute Gasteiger partial charge is 0.337 e. The third-order valence-corrected chi connectivity index (χ3v) is 5.33. The van der Waals surface area contributed by atoms with Crippen LogP contribution in [-0.4, -0.2) is 24.0 Å². The molecule has 164 valence electrons. The van der Waals surface area contributed by atoms with Crippen LogP contribution < -0.4 is 4.74 Å². The molecule has 1 aliphatic rings. The van der Waals surface area contributed by atoms with Crippen molar-refractivity contribution in [1.82, 2.24) is 0 Å². The number of hydrogen-bond donors (Lipinski definition) is 0. The van der Waals surface area contributed by atoms with E-state index in [0.29, 0.717) is 34.4 Å². The summed E-state index contributed by atoms with van der Waals surface area (Å²) in [5.41, 5.74) is 1.77. The van der Waals surface area contributed by atoms with E-state index in [2.05, 4.69) is 0 Å². The van der Waals surface area contributed by atoms with Crippen molar-refractivity contribution < 1.29 is 32.4 Å². The minimum absolute atomic E-state index is 0.115. The highest BCUT2D eigenvalue weighted by Gasteiger charge is 2.41. The van der Waals surface area contributed by atoms with E-state index in [1.165, 1.54) is 7.11 Å². The van der Waals surface area contributed by atoms with Crippen molar-refractivity contribution in [3.8, 4) is 16.9 Å². The fraction of sp³-hybridized carbons (Fsp3) is 0.174. The summed E-state index contributed by atoms with van der Waals surface area (Å²) in [5.74, 6) is -4.07. The number of hydrogen-bond acceptors (Lipinski definition) is 5. The SMILES string of the molecule is COC(=O)c1cccc(-c2ccc3c(c2)CC([N+](=O)[O-])C(c2cc(F)c(F)cc2F)O3)c1. The van der Waals surface area contributed by atoms with Crippen LogP contribution in [0.2, 0.25) is 0 Å². The van der Waals surface area contributed by atoms with Crippen molar-refractivity contribution in [3.05, 3.63) is 98.9 Å². The largest absolute Gasteiger partial charge is 0.478 e. The van der Waals surface area contributed by atoms with Crippen LogP contribution in [0.15, 0.2) is 54.6 Å². The summed E-state index contributed by atoms with van der Waals surface area (Å²) in [6, 6.07) is 11.1. The van der Waals surface area contributed by atoms with Gasteiger partial charge in [0.15, 0.2) is 17.7 Å². The molecule has 4 rings (SSSR count). The molecule has 0 bridgehead atoms. The van der Waals surface area contributed by atoms with Crippen molar-refractivity contribution >= 4 is 5.97 Å². The molecule has 0 aromatic heterocycles. The molecule has 32 heavy (non-hydrogen) atoms. The average Bonchev–Trinajstić information content (AvgIpc) is 2.79. The summed E-state index contributed by atoms with van der Waals surface area (Å²) in [4.78, 5) is 22.9. The summed E-state index contributed by atoms with van der Waals surface area (Å²) >= 11 is 0. The zero-order chi connectivity index (χ0) is 23.0. The summed E-state index contributed by atoms with van der Waals surface area (Å²) in [6.07, 6.45) is -1.54. The molecule has 0 fully saturated rings. The highest BCUT2D eigenvalue weighted by molar-refractivity contribution is 5.91. The number of fused-ring (bicyclic) bond motifs is 1. The van der Waals surface area contributed by atoms with Crippen molar-refractivity contribution in [2.75, 3.05) is 7.11 Å². The summed E-state index contributed by atoms with van der Waals surface area (Å²) in [7, 11) is 1.27. The molecule has 0 saturated carbocycles. The number of nitrogens with zero attached hydrogens (tertiary/aromatic N) is 1. The highest BCUT2D eigenvalue weighted by atomic mass is 19.2. The molecule has 3 aromatic carbocycles. The molecule has 1 heterocycles. The van der Waals surface area contributed by atoms with Crippen molar-refractivity contribution in [1.29, 1.82) is 0 Å². The first-order valence-corrected chi connectivity index (χ1v) is 9.54.